The molecule has 4 rings (SSSR count). The molecule has 2 aromatic carbocycles. The maximum atomic E-state index is 14.8. The lowest BCUT2D eigenvalue weighted by Gasteiger charge is -2.20. The number of nitrogens with one attached hydrogen (secondary N) is 2. The second-order valence-corrected chi connectivity index (χ2v) is 10.4. The molecule has 0 fully saturated rings. The number of benzene rings is 2. The quantitative estimate of drug-likeness (QED) is 0.364. The zero-order valence-electron chi connectivity index (χ0n) is 21.0. The number of rotatable bonds is 6. The van der Waals surface area contributed by atoms with Crippen molar-refractivity contribution in [1.82, 2.24) is 13.7 Å². The summed E-state index contributed by atoms with van der Waals surface area (Å²) in [5.41, 5.74) is -1.19. The predicted molar refractivity (Wildman–Crippen MR) is 146 cm³/mol. The molecule has 2 aromatic heterocycles. The van der Waals surface area contributed by atoms with E-state index in [2.05, 4.69) is 16.0 Å². The smallest absolute Gasteiger partial charge is 0.336 e. The van der Waals surface area contributed by atoms with Gasteiger partial charge in [0.2, 0.25) is 10.0 Å². The SMILES string of the molecule is C#Cc1ccc(Nc2c3c(=O)n(CC)c(=O)n(-c4cccc(NS(C)(=O)=O)c4)c3c(C)c(=O)n2C)c(F)c1. The summed E-state index contributed by atoms with van der Waals surface area (Å²) < 4.78 is 44.1. The van der Waals surface area contributed by atoms with E-state index in [1.165, 1.54) is 53.4 Å². The first-order valence-electron chi connectivity index (χ1n) is 11.4. The third-order valence-electron chi connectivity index (χ3n) is 6.01. The molecule has 0 aliphatic carbocycles. The van der Waals surface area contributed by atoms with Gasteiger partial charge in [-0.15, -0.1) is 6.42 Å². The Kier molecular flexibility index (Phi) is 6.73. The first-order chi connectivity index (χ1) is 17.9. The van der Waals surface area contributed by atoms with Crippen molar-refractivity contribution in [3.8, 4) is 18.0 Å². The number of sulfonamides is 1. The molecular formula is C26H24FN5O5S. The van der Waals surface area contributed by atoms with Crippen molar-refractivity contribution in [2.45, 2.75) is 20.4 Å². The molecule has 196 valence electrons. The fourth-order valence-corrected chi connectivity index (χ4v) is 4.82. The largest absolute Gasteiger partial charge is 0.338 e. The van der Waals surface area contributed by atoms with Crippen LogP contribution in [0.1, 0.15) is 18.1 Å². The van der Waals surface area contributed by atoms with Crippen molar-refractivity contribution < 1.29 is 12.8 Å². The Hall–Kier alpha value is -4.63. The number of nitrogens with zero attached hydrogens (tertiary/aromatic N) is 3. The molecule has 0 aliphatic heterocycles. The summed E-state index contributed by atoms with van der Waals surface area (Å²) in [7, 11) is -2.20. The summed E-state index contributed by atoms with van der Waals surface area (Å²) in [5, 5.41) is 2.80. The first-order valence-corrected chi connectivity index (χ1v) is 13.3. The molecule has 0 bridgehead atoms. The molecule has 0 atom stereocenters. The zero-order chi connectivity index (χ0) is 27.9. The molecule has 0 saturated heterocycles. The lowest BCUT2D eigenvalue weighted by molar-refractivity contribution is 0.607. The van der Waals surface area contributed by atoms with E-state index in [0.717, 1.165) is 16.9 Å². The van der Waals surface area contributed by atoms with E-state index in [-0.39, 0.29) is 45.9 Å². The van der Waals surface area contributed by atoms with E-state index in [0.29, 0.717) is 5.56 Å². The van der Waals surface area contributed by atoms with Crippen molar-refractivity contribution in [1.29, 1.82) is 0 Å². The second-order valence-electron chi connectivity index (χ2n) is 8.62. The van der Waals surface area contributed by atoms with Crippen LogP contribution >= 0.6 is 0 Å². The van der Waals surface area contributed by atoms with Crippen molar-refractivity contribution in [3.05, 3.63) is 90.6 Å². The van der Waals surface area contributed by atoms with Crippen LogP contribution in [0, 0.1) is 25.1 Å². The van der Waals surface area contributed by atoms with Gasteiger partial charge in [-0.1, -0.05) is 12.0 Å². The Morgan fingerprint density at radius 1 is 1.08 bits per heavy atom. The summed E-state index contributed by atoms with van der Waals surface area (Å²) in [6.45, 7) is 3.09. The summed E-state index contributed by atoms with van der Waals surface area (Å²) >= 11 is 0. The molecule has 0 radical (unpaired) electrons. The maximum absolute atomic E-state index is 14.8. The lowest BCUT2D eigenvalue weighted by atomic mass is 10.1. The van der Waals surface area contributed by atoms with Gasteiger partial charge >= 0.3 is 5.69 Å². The van der Waals surface area contributed by atoms with Crippen molar-refractivity contribution >= 4 is 38.1 Å². The summed E-state index contributed by atoms with van der Waals surface area (Å²) in [4.78, 5) is 40.4. The molecule has 2 heterocycles. The summed E-state index contributed by atoms with van der Waals surface area (Å²) in [5.74, 6) is 1.60. The number of aromatic nitrogens is 3. The van der Waals surface area contributed by atoms with Gasteiger partial charge in [0, 0.05) is 24.7 Å². The molecule has 38 heavy (non-hydrogen) atoms. The third-order valence-corrected chi connectivity index (χ3v) is 6.61. The van der Waals surface area contributed by atoms with Gasteiger partial charge in [-0.25, -0.2) is 17.6 Å². The maximum Gasteiger partial charge on any atom is 0.336 e. The molecule has 10 nitrogen and oxygen atoms in total. The fraction of sp³-hybridized carbons (Fsp3) is 0.192. The molecule has 0 aliphatic rings. The number of terminal acetylenes is 1. The highest BCUT2D eigenvalue weighted by Gasteiger charge is 2.23. The van der Waals surface area contributed by atoms with Crippen LogP contribution in [0.5, 0.6) is 0 Å². The molecule has 0 unspecified atom stereocenters. The number of halogens is 1. The molecule has 0 amide bonds. The molecule has 12 heteroatoms. The molecule has 4 aromatic rings. The third kappa shape index (κ3) is 4.59. The monoisotopic (exact) mass is 537 g/mol. The van der Waals surface area contributed by atoms with Gasteiger partial charge in [-0.2, -0.15) is 0 Å². The number of fused-ring (bicyclic) bond motifs is 1. The standard InChI is InChI=1S/C26H24FN5O5S/c1-6-16-11-12-20(19(27)13-16)28-23-21-22(15(3)24(33)30(23)4)32(26(35)31(7-2)25(21)34)18-10-8-9-17(14-18)29-38(5,36)37/h1,8-14,28-29H,7H2,2-5H3. The molecule has 0 saturated carbocycles. The molecular weight excluding hydrogens is 513 g/mol. The van der Waals surface area contributed by atoms with Crippen LogP contribution in [-0.4, -0.2) is 28.4 Å². The van der Waals surface area contributed by atoms with E-state index in [1.54, 1.807) is 13.0 Å². The Morgan fingerprint density at radius 2 is 1.79 bits per heavy atom. The van der Waals surface area contributed by atoms with Gasteiger partial charge in [0.05, 0.1) is 28.8 Å². The van der Waals surface area contributed by atoms with Gasteiger partial charge in [-0.05, 0) is 50.2 Å². The average Bonchev–Trinajstić information content (AvgIpc) is 2.85. The average molecular weight is 538 g/mol. The van der Waals surface area contributed by atoms with E-state index in [1.807, 2.05) is 0 Å². The Labute approximate surface area is 217 Å². The van der Waals surface area contributed by atoms with E-state index in [4.69, 9.17) is 6.42 Å². The van der Waals surface area contributed by atoms with Gasteiger partial charge in [0.25, 0.3) is 11.1 Å². The zero-order valence-corrected chi connectivity index (χ0v) is 21.8. The van der Waals surface area contributed by atoms with Crippen LogP contribution in [0.4, 0.5) is 21.6 Å². The number of pyridine rings is 1. The minimum absolute atomic E-state index is 0.00143. The minimum Gasteiger partial charge on any atom is -0.338 e. The van der Waals surface area contributed by atoms with Crippen LogP contribution < -0.4 is 26.8 Å². The van der Waals surface area contributed by atoms with Gasteiger partial charge < -0.3 is 5.32 Å². The normalized spacial score (nSPS) is 11.4. The highest BCUT2D eigenvalue weighted by atomic mass is 32.2. The molecule has 2 N–H and O–H groups in total. The fourth-order valence-electron chi connectivity index (χ4n) is 4.26. The van der Waals surface area contributed by atoms with Crippen LogP contribution in [0.3, 0.4) is 0 Å². The van der Waals surface area contributed by atoms with Gasteiger partial charge in [0.1, 0.15) is 17.0 Å². The summed E-state index contributed by atoms with van der Waals surface area (Å²) in [6.07, 6.45) is 6.33. The molecule has 0 spiro atoms. The number of hydrogen-bond donors (Lipinski definition) is 2. The van der Waals surface area contributed by atoms with Crippen LogP contribution in [0.15, 0.2) is 56.8 Å². The van der Waals surface area contributed by atoms with E-state index < -0.39 is 32.6 Å². The van der Waals surface area contributed by atoms with Gasteiger partial charge in [0.15, 0.2) is 0 Å². The van der Waals surface area contributed by atoms with Crippen LogP contribution in [0.2, 0.25) is 0 Å². The number of anilines is 3. The van der Waals surface area contributed by atoms with Crippen molar-refractivity contribution in [2.75, 3.05) is 16.3 Å². The highest BCUT2D eigenvalue weighted by Crippen LogP contribution is 2.27. The van der Waals surface area contributed by atoms with Gasteiger partial charge in [-0.3, -0.25) is 28.0 Å². The Morgan fingerprint density at radius 3 is 2.39 bits per heavy atom. The Balaban J connectivity index is 2.14. The lowest BCUT2D eigenvalue weighted by Crippen LogP contribution is -2.41. The second kappa shape index (κ2) is 9.68. The van der Waals surface area contributed by atoms with E-state index >= 15 is 0 Å². The minimum atomic E-state index is -3.62. The Bertz CT molecular complexity index is 1950. The van der Waals surface area contributed by atoms with Crippen LogP contribution in [0.25, 0.3) is 16.6 Å². The van der Waals surface area contributed by atoms with Crippen molar-refractivity contribution in [3.63, 3.8) is 0 Å². The number of hydrogen-bond acceptors (Lipinski definition) is 6. The predicted octanol–water partition coefficient (Wildman–Crippen LogP) is 2.41. The summed E-state index contributed by atoms with van der Waals surface area (Å²) in [6, 6.07) is 10.00. The number of aryl methyl sites for hydroxylation is 1. The highest BCUT2D eigenvalue weighted by molar-refractivity contribution is 7.92. The van der Waals surface area contributed by atoms with Crippen molar-refractivity contribution in [2.24, 2.45) is 7.05 Å². The first kappa shape index (κ1) is 26.4. The topological polar surface area (TPSA) is 124 Å². The van der Waals surface area contributed by atoms with Crippen LogP contribution in [-0.2, 0) is 23.6 Å². The van der Waals surface area contributed by atoms with E-state index in [9.17, 15) is 27.2 Å².